The van der Waals surface area contributed by atoms with E-state index in [0.29, 0.717) is 5.92 Å². The molecule has 0 spiro atoms. The topological polar surface area (TPSA) is 96.2 Å². The predicted molar refractivity (Wildman–Crippen MR) is 76.9 cm³/mol. The normalized spacial score (nSPS) is 24.1. The molecule has 0 aromatic heterocycles. The molecule has 0 aromatic rings. The quantitative estimate of drug-likeness (QED) is 0.469. The van der Waals surface area contributed by atoms with Gasteiger partial charge in [-0.2, -0.15) is 0 Å². The summed E-state index contributed by atoms with van der Waals surface area (Å²) in [4.78, 5) is 31.9. The van der Waals surface area contributed by atoms with E-state index in [9.17, 15) is 0 Å². The second-order valence-corrected chi connectivity index (χ2v) is 6.37. The number of rotatable bonds is 0. The molecular formula is C13H29O6P. The van der Waals surface area contributed by atoms with Crippen molar-refractivity contribution in [2.45, 2.75) is 64.7 Å². The summed E-state index contributed by atoms with van der Waals surface area (Å²) in [6, 6.07) is 0. The molecule has 0 aromatic carbocycles. The van der Waals surface area contributed by atoms with E-state index in [4.69, 9.17) is 29.0 Å². The minimum atomic E-state index is -4.64. The molecule has 1 heterocycles. The molecule has 3 N–H and O–H groups in total. The van der Waals surface area contributed by atoms with Crippen molar-refractivity contribution < 1.29 is 29.0 Å². The van der Waals surface area contributed by atoms with Gasteiger partial charge >= 0.3 is 7.82 Å². The van der Waals surface area contributed by atoms with Crippen molar-refractivity contribution in [3.63, 3.8) is 0 Å². The lowest BCUT2D eigenvalue weighted by Crippen LogP contribution is -2.07. The van der Waals surface area contributed by atoms with Crippen molar-refractivity contribution in [1.29, 1.82) is 0 Å². The van der Waals surface area contributed by atoms with Crippen molar-refractivity contribution in [2.24, 2.45) is 5.92 Å². The number of hydrogen-bond donors (Lipinski definition) is 3. The van der Waals surface area contributed by atoms with Gasteiger partial charge in [0.2, 0.25) is 0 Å². The minimum absolute atomic E-state index is 0.646. The van der Waals surface area contributed by atoms with Gasteiger partial charge in [-0.1, -0.05) is 51.9 Å². The van der Waals surface area contributed by atoms with E-state index in [2.05, 4.69) is 6.92 Å². The van der Waals surface area contributed by atoms with Crippen LogP contribution in [0.4, 0.5) is 0 Å². The zero-order chi connectivity index (χ0) is 15.3. The summed E-state index contributed by atoms with van der Waals surface area (Å²) in [6.07, 6.45) is 12.1. The molecule has 6 nitrogen and oxygen atoms in total. The van der Waals surface area contributed by atoms with Crippen LogP contribution in [0.2, 0.25) is 0 Å². The van der Waals surface area contributed by atoms with Crippen LogP contribution < -0.4 is 0 Å². The Morgan fingerprint density at radius 1 is 0.850 bits per heavy atom. The highest BCUT2D eigenvalue weighted by Crippen LogP contribution is 2.25. The molecule has 1 rings (SSSR count). The Bertz CT molecular complexity index is 233. The molecule has 0 radical (unpaired) electrons. The van der Waals surface area contributed by atoms with Crippen LogP contribution >= 0.6 is 7.82 Å². The lowest BCUT2D eigenvalue weighted by Gasteiger charge is -2.12. The molecule has 0 saturated carbocycles. The van der Waals surface area contributed by atoms with Gasteiger partial charge in [0.25, 0.3) is 0 Å². The highest BCUT2D eigenvalue weighted by atomic mass is 31.2. The van der Waals surface area contributed by atoms with E-state index >= 15 is 0 Å². The van der Waals surface area contributed by atoms with Crippen molar-refractivity contribution in [3.8, 4) is 0 Å². The summed E-state index contributed by atoms with van der Waals surface area (Å²) in [5.41, 5.74) is 0. The van der Waals surface area contributed by atoms with Crippen molar-refractivity contribution in [3.05, 3.63) is 0 Å². The molecule has 20 heavy (non-hydrogen) atoms. The zero-order valence-electron chi connectivity index (χ0n) is 12.4. The van der Waals surface area contributed by atoms with E-state index in [1.807, 2.05) is 0 Å². The second kappa shape index (κ2) is 12.7. The molecule has 1 aliphatic rings. The maximum Gasteiger partial charge on any atom is 0.466 e. The maximum atomic E-state index is 8.88. The Labute approximate surface area is 121 Å². The average molecular weight is 312 g/mol. The molecule has 1 saturated heterocycles. The highest BCUT2D eigenvalue weighted by Gasteiger charge is 2.03. The summed E-state index contributed by atoms with van der Waals surface area (Å²) < 4.78 is 8.88. The summed E-state index contributed by atoms with van der Waals surface area (Å²) >= 11 is 0. The smallest absolute Gasteiger partial charge is 0.303 e. The molecule has 7 heteroatoms. The summed E-state index contributed by atoms with van der Waals surface area (Å²) in [5.74, 6) is 0.646. The van der Waals surface area contributed by atoms with Gasteiger partial charge in [-0.15, -0.1) is 0 Å². The van der Waals surface area contributed by atoms with Crippen molar-refractivity contribution in [1.82, 2.24) is 0 Å². The molecular weight excluding hydrogens is 283 g/mol. The van der Waals surface area contributed by atoms with Gasteiger partial charge < -0.3 is 14.7 Å². The fourth-order valence-corrected chi connectivity index (χ4v) is 2.02. The minimum Gasteiger partial charge on any atom is -0.303 e. The van der Waals surface area contributed by atoms with Gasteiger partial charge in [-0.25, -0.2) is 14.3 Å². The SMILES string of the molecule is CC1CCCCCCCCCCOOC1.O=P(O)(O)O. The van der Waals surface area contributed by atoms with Gasteiger partial charge in [0.15, 0.2) is 0 Å². The van der Waals surface area contributed by atoms with Gasteiger partial charge in [0.1, 0.15) is 0 Å². The molecule has 1 atom stereocenters. The first kappa shape index (κ1) is 20.0. The molecule has 0 bridgehead atoms. The summed E-state index contributed by atoms with van der Waals surface area (Å²) in [7, 11) is -4.64. The first-order valence-electron chi connectivity index (χ1n) is 7.42. The first-order chi connectivity index (χ1) is 9.39. The number of phosphoric acid groups is 1. The van der Waals surface area contributed by atoms with Crippen LogP contribution in [0.25, 0.3) is 0 Å². The van der Waals surface area contributed by atoms with Crippen molar-refractivity contribution >= 4 is 7.82 Å². The third-order valence-corrected chi connectivity index (χ3v) is 3.11. The fourth-order valence-electron chi connectivity index (χ4n) is 2.02. The van der Waals surface area contributed by atoms with E-state index in [0.717, 1.165) is 19.6 Å². The number of hydrogen-bond acceptors (Lipinski definition) is 3. The molecule has 1 unspecified atom stereocenters. The second-order valence-electron chi connectivity index (χ2n) is 5.34. The molecule has 122 valence electrons. The predicted octanol–water partition coefficient (Wildman–Crippen LogP) is 3.17. The van der Waals surface area contributed by atoms with Gasteiger partial charge in [-0.05, 0) is 18.8 Å². The average Bonchev–Trinajstić information content (AvgIpc) is 2.32. The Hall–Kier alpha value is 0.0300. The monoisotopic (exact) mass is 312 g/mol. The molecule has 0 amide bonds. The van der Waals surface area contributed by atoms with Gasteiger partial charge in [0, 0.05) is 0 Å². The Balaban J connectivity index is 0.000000621. The molecule has 1 fully saturated rings. The zero-order valence-corrected chi connectivity index (χ0v) is 13.3. The maximum absolute atomic E-state index is 8.88. The summed E-state index contributed by atoms with van der Waals surface area (Å²) in [5, 5.41) is 0. The largest absolute Gasteiger partial charge is 0.466 e. The highest BCUT2D eigenvalue weighted by molar-refractivity contribution is 7.45. The van der Waals surface area contributed by atoms with E-state index in [1.165, 1.54) is 51.4 Å². The van der Waals surface area contributed by atoms with E-state index in [-0.39, 0.29) is 0 Å². The lowest BCUT2D eigenvalue weighted by atomic mass is 10.0. The van der Waals surface area contributed by atoms with E-state index < -0.39 is 7.82 Å². The van der Waals surface area contributed by atoms with Crippen LogP contribution in [-0.4, -0.2) is 27.9 Å². The Kier molecular flexibility index (Phi) is 12.8. The Morgan fingerprint density at radius 2 is 1.30 bits per heavy atom. The van der Waals surface area contributed by atoms with Crippen LogP contribution in [0.1, 0.15) is 64.7 Å². The summed E-state index contributed by atoms with van der Waals surface area (Å²) in [6.45, 7) is 3.78. The lowest BCUT2D eigenvalue weighted by molar-refractivity contribution is -0.301. The van der Waals surface area contributed by atoms with Gasteiger partial charge in [-0.3, -0.25) is 0 Å². The Morgan fingerprint density at radius 3 is 1.85 bits per heavy atom. The standard InChI is InChI=1S/C13H26O2.H3O4P/c1-13-10-8-6-4-2-3-5-7-9-11-14-15-12-13;1-5(2,3)4/h13H,2-12H2,1H3;(H3,1,2,3,4). The van der Waals surface area contributed by atoms with Crippen molar-refractivity contribution in [2.75, 3.05) is 13.2 Å². The van der Waals surface area contributed by atoms with Crippen LogP contribution in [0.5, 0.6) is 0 Å². The van der Waals surface area contributed by atoms with Gasteiger partial charge in [0.05, 0.1) is 13.2 Å². The fraction of sp³-hybridized carbons (Fsp3) is 1.00. The van der Waals surface area contributed by atoms with E-state index in [1.54, 1.807) is 0 Å². The van der Waals surface area contributed by atoms with Crippen LogP contribution in [0.15, 0.2) is 0 Å². The molecule has 1 aliphatic heterocycles. The van der Waals surface area contributed by atoms with Crippen LogP contribution in [0, 0.1) is 5.92 Å². The molecule has 0 aliphatic carbocycles. The third-order valence-electron chi connectivity index (χ3n) is 3.11. The van der Waals surface area contributed by atoms with Crippen LogP contribution in [0.3, 0.4) is 0 Å². The first-order valence-corrected chi connectivity index (χ1v) is 8.99. The third kappa shape index (κ3) is 20.3. The van der Waals surface area contributed by atoms with Crippen LogP contribution in [-0.2, 0) is 14.3 Å².